The van der Waals surface area contributed by atoms with Crippen LogP contribution >= 0.6 is 0 Å². The van der Waals surface area contributed by atoms with Gasteiger partial charge in [-0.15, -0.1) is 10.2 Å². The van der Waals surface area contributed by atoms with E-state index in [1.807, 2.05) is 12.1 Å². The summed E-state index contributed by atoms with van der Waals surface area (Å²) in [5.74, 6) is 0.429. The number of pyridine rings is 1. The molecule has 1 aliphatic carbocycles. The van der Waals surface area contributed by atoms with E-state index in [1.54, 1.807) is 30.6 Å². The van der Waals surface area contributed by atoms with E-state index < -0.39 is 12.3 Å². The van der Waals surface area contributed by atoms with Crippen LogP contribution in [-0.4, -0.2) is 32.6 Å². The van der Waals surface area contributed by atoms with Gasteiger partial charge in [-0.25, -0.2) is 4.39 Å². The first kappa shape index (κ1) is 15.7. The Labute approximate surface area is 144 Å². The summed E-state index contributed by atoms with van der Waals surface area (Å²) in [5, 5.41) is 20.2. The summed E-state index contributed by atoms with van der Waals surface area (Å²) in [6.07, 6.45) is 5.11. The molecule has 1 aromatic carbocycles. The van der Waals surface area contributed by atoms with Crippen molar-refractivity contribution in [2.75, 3.05) is 0 Å². The lowest BCUT2D eigenvalue weighted by atomic mass is 9.96. The van der Waals surface area contributed by atoms with Gasteiger partial charge in [0.2, 0.25) is 5.88 Å². The number of ether oxygens (including phenoxy) is 1. The second-order valence-electron chi connectivity index (χ2n) is 6.31. The van der Waals surface area contributed by atoms with Gasteiger partial charge in [0, 0.05) is 29.4 Å². The van der Waals surface area contributed by atoms with Gasteiger partial charge in [-0.2, -0.15) is 0 Å². The lowest BCUT2D eigenvalue weighted by Gasteiger charge is -2.25. The van der Waals surface area contributed by atoms with E-state index in [2.05, 4.69) is 15.2 Å². The Balaban J connectivity index is 1.58. The summed E-state index contributed by atoms with van der Waals surface area (Å²) in [6, 6.07) is 8.71. The number of aromatic hydroxyl groups is 1. The summed E-state index contributed by atoms with van der Waals surface area (Å²) in [4.78, 5) is 4.09. The average molecular weight is 339 g/mol. The first-order valence-corrected chi connectivity index (χ1v) is 8.42. The van der Waals surface area contributed by atoms with Crippen LogP contribution in [0.25, 0.3) is 22.0 Å². The summed E-state index contributed by atoms with van der Waals surface area (Å²) in [5.41, 5.74) is 1.09. The fourth-order valence-corrected chi connectivity index (χ4v) is 3.20. The van der Waals surface area contributed by atoms with E-state index in [4.69, 9.17) is 4.74 Å². The van der Waals surface area contributed by atoms with Crippen molar-refractivity contribution in [2.45, 2.75) is 38.0 Å². The van der Waals surface area contributed by atoms with E-state index in [0.717, 1.165) is 23.6 Å². The second-order valence-corrected chi connectivity index (χ2v) is 6.31. The highest BCUT2D eigenvalue weighted by Crippen LogP contribution is 2.32. The molecule has 1 aliphatic rings. The number of rotatable bonds is 3. The number of hydrogen-bond acceptors (Lipinski definition) is 5. The highest BCUT2D eigenvalue weighted by Gasteiger charge is 2.26. The Hall–Kier alpha value is -2.76. The summed E-state index contributed by atoms with van der Waals surface area (Å²) in [6.45, 7) is 0. The summed E-state index contributed by atoms with van der Waals surface area (Å²) >= 11 is 0. The number of fused-ring (bicyclic) bond motifs is 1. The molecule has 2 atom stereocenters. The van der Waals surface area contributed by atoms with Gasteiger partial charge in [0.25, 0.3) is 0 Å². The summed E-state index contributed by atoms with van der Waals surface area (Å²) in [7, 11) is 0. The molecular formula is C19H18FN3O2. The van der Waals surface area contributed by atoms with Crippen LogP contribution < -0.4 is 4.74 Å². The van der Waals surface area contributed by atoms with Crippen LogP contribution in [0.2, 0.25) is 0 Å². The lowest BCUT2D eigenvalue weighted by molar-refractivity contribution is 0.0594. The van der Waals surface area contributed by atoms with Gasteiger partial charge in [-0.05, 0) is 48.9 Å². The van der Waals surface area contributed by atoms with Crippen molar-refractivity contribution in [1.82, 2.24) is 15.2 Å². The van der Waals surface area contributed by atoms with Gasteiger partial charge in [-0.1, -0.05) is 6.42 Å². The number of phenols is 1. The molecule has 0 bridgehead atoms. The van der Waals surface area contributed by atoms with Crippen molar-refractivity contribution in [3.05, 3.63) is 42.7 Å². The fourth-order valence-electron chi connectivity index (χ4n) is 3.20. The third kappa shape index (κ3) is 3.24. The third-order valence-corrected chi connectivity index (χ3v) is 4.57. The number of hydrogen-bond donors (Lipinski definition) is 1. The van der Waals surface area contributed by atoms with Crippen molar-refractivity contribution in [3.8, 4) is 22.9 Å². The molecule has 4 rings (SSSR count). The molecule has 0 unspecified atom stereocenters. The molecule has 1 fully saturated rings. The Kier molecular flexibility index (Phi) is 4.17. The Bertz CT molecular complexity index is 885. The molecule has 1 N–H and O–H groups in total. The van der Waals surface area contributed by atoms with Crippen molar-refractivity contribution >= 4 is 10.8 Å². The highest BCUT2D eigenvalue weighted by molar-refractivity contribution is 5.89. The quantitative estimate of drug-likeness (QED) is 0.779. The van der Waals surface area contributed by atoms with Crippen LogP contribution in [0.4, 0.5) is 4.39 Å². The first-order valence-electron chi connectivity index (χ1n) is 8.42. The average Bonchev–Trinajstić information content (AvgIpc) is 2.64. The van der Waals surface area contributed by atoms with Gasteiger partial charge < -0.3 is 9.84 Å². The van der Waals surface area contributed by atoms with E-state index >= 15 is 0 Å². The third-order valence-electron chi connectivity index (χ3n) is 4.57. The molecule has 2 aromatic heterocycles. The minimum Gasteiger partial charge on any atom is -0.507 e. The standard InChI is InChI=1S/C19H18FN3O2/c20-15-3-1-2-4-18(15)25-19-6-5-16(22-23-19)14-9-13-11-21-8-7-12(13)10-17(14)24/h5-11,15,18,24H,1-4H2/t15-,18+/m1/s1. The molecule has 0 radical (unpaired) electrons. The lowest BCUT2D eigenvalue weighted by Crippen LogP contribution is -2.32. The minimum atomic E-state index is -0.952. The molecule has 3 aromatic rings. The summed E-state index contributed by atoms with van der Waals surface area (Å²) < 4.78 is 19.5. The van der Waals surface area contributed by atoms with E-state index in [-0.39, 0.29) is 5.75 Å². The van der Waals surface area contributed by atoms with Crippen LogP contribution in [0, 0.1) is 0 Å². The molecule has 0 amide bonds. The predicted molar refractivity (Wildman–Crippen MR) is 92.2 cm³/mol. The van der Waals surface area contributed by atoms with Crippen molar-refractivity contribution in [3.63, 3.8) is 0 Å². The number of aromatic nitrogens is 3. The number of phenolic OH excluding ortho intramolecular Hbond substituents is 1. The Morgan fingerprint density at radius 1 is 1.04 bits per heavy atom. The van der Waals surface area contributed by atoms with E-state index in [0.29, 0.717) is 30.0 Å². The molecule has 5 nitrogen and oxygen atoms in total. The van der Waals surface area contributed by atoms with Gasteiger partial charge >= 0.3 is 0 Å². The topological polar surface area (TPSA) is 68.1 Å². The first-order chi connectivity index (χ1) is 12.2. The number of alkyl halides is 1. The van der Waals surface area contributed by atoms with Gasteiger partial charge in [0.05, 0.1) is 5.69 Å². The number of benzene rings is 1. The zero-order valence-corrected chi connectivity index (χ0v) is 13.6. The SMILES string of the molecule is Oc1cc2ccncc2cc1-c1ccc(O[C@H]2CCCC[C@H]2F)nn1. The van der Waals surface area contributed by atoms with E-state index in [9.17, 15) is 9.50 Å². The van der Waals surface area contributed by atoms with Gasteiger partial charge in [-0.3, -0.25) is 4.98 Å². The Morgan fingerprint density at radius 2 is 1.92 bits per heavy atom. The predicted octanol–water partition coefficient (Wildman–Crippen LogP) is 4.06. The molecule has 2 heterocycles. The van der Waals surface area contributed by atoms with Crippen LogP contribution in [0.15, 0.2) is 42.7 Å². The molecule has 0 spiro atoms. The molecule has 128 valence electrons. The maximum Gasteiger partial charge on any atom is 0.233 e. The molecular weight excluding hydrogens is 321 g/mol. The monoisotopic (exact) mass is 339 g/mol. The largest absolute Gasteiger partial charge is 0.507 e. The molecule has 0 saturated heterocycles. The Morgan fingerprint density at radius 3 is 2.72 bits per heavy atom. The van der Waals surface area contributed by atoms with Crippen molar-refractivity contribution in [1.29, 1.82) is 0 Å². The van der Waals surface area contributed by atoms with Gasteiger partial charge in [0.1, 0.15) is 18.0 Å². The molecule has 25 heavy (non-hydrogen) atoms. The second kappa shape index (κ2) is 6.63. The fraction of sp³-hybridized carbons (Fsp3) is 0.316. The number of halogens is 1. The van der Waals surface area contributed by atoms with Crippen molar-refractivity contribution < 1.29 is 14.2 Å². The maximum absolute atomic E-state index is 13.9. The van der Waals surface area contributed by atoms with Crippen LogP contribution in [0.3, 0.4) is 0 Å². The zero-order chi connectivity index (χ0) is 17.2. The maximum atomic E-state index is 13.9. The van der Waals surface area contributed by atoms with Crippen LogP contribution in [-0.2, 0) is 0 Å². The van der Waals surface area contributed by atoms with E-state index in [1.165, 1.54) is 0 Å². The van der Waals surface area contributed by atoms with Crippen LogP contribution in [0.5, 0.6) is 11.6 Å². The zero-order valence-electron chi connectivity index (χ0n) is 13.6. The van der Waals surface area contributed by atoms with Crippen LogP contribution in [0.1, 0.15) is 25.7 Å². The molecule has 0 aliphatic heterocycles. The molecule has 1 saturated carbocycles. The molecule has 6 heteroatoms. The van der Waals surface area contributed by atoms with Crippen molar-refractivity contribution in [2.24, 2.45) is 0 Å². The smallest absolute Gasteiger partial charge is 0.233 e. The number of nitrogens with zero attached hydrogens (tertiary/aromatic N) is 3. The van der Waals surface area contributed by atoms with Gasteiger partial charge in [0.15, 0.2) is 0 Å². The minimum absolute atomic E-state index is 0.123. The normalized spacial score (nSPS) is 20.5. The highest BCUT2D eigenvalue weighted by atomic mass is 19.1.